The molecule has 0 aromatic heterocycles. The van der Waals surface area contributed by atoms with Gasteiger partial charge in [0.05, 0.1) is 0 Å². The molecule has 66 valence electrons. The van der Waals surface area contributed by atoms with E-state index in [2.05, 4.69) is 0 Å². The first-order valence-electron chi connectivity index (χ1n) is 3.73. The van der Waals surface area contributed by atoms with E-state index in [0.29, 0.717) is 0 Å². The van der Waals surface area contributed by atoms with E-state index in [-0.39, 0.29) is 5.82 Å². The van der Waals surface area contributed by atoms with Crippen LogP contribution in [0.25, 0.3) is 0 Å². The molecule has 0 aliphatic carbocycles. The second kappa shape index (κ2) is 7.99. The second-order valence-electron chi connectivity index (χ2n) is 2.23. The molecule has 0 aliphatic rings. The van der Waals surface area contributed by atoms with E-state index >= 15 is 0 Å². The Bertz CT molecular complexity index is 241. The van der Waals surface area contributed by atoms with Crippen molar-refractivity contribution in [1.29, 1.82) is 0 Å². The van der Waals surface area contributed by atoms with Gasteiger partial charge < -0.3 is 0 Å². The van der Waals surface area contributed by atoms with Gasteiger partial charge in [0.2, 0.25) is 0 Å². The molecular weight excluding hydrogens is 210 g/mol. The molecule has 0 fully saturated rings. The van der Waals surface area contributed by atoms with E-state index in [1.165, 1.54) is 6.07 Å². The number of benzene rings is 1. The van der Waals surface area contributed by atoms with Crippen molar-refractivity contribution in [3.8, 4) is 0 Å². The number of halogens is 4. The Morgan fingerprint density at radius 1 is 1.23 bits per heavy atom. The van der Waals surface area contributed by atoms with E-state index in [4.69, 9.17) is 0 Å². The first-order chi connectivity index (χ1) is 6.06. The molecule has 0 nitrogen and oxygen atoms in total. The Morgan fingerprint density at radius 2 is 1.77 bits per heavy atom. The van der Waals surface area contributed by atoms with Crippen LogP contribution in [0.1, 0.15) is 5.56 Å². The summed E-state index contributed by atoms with van der Waals surface area (Å²) < 4.78 is 42.5. The van der Waals surface area contributed by atoms with Gasteiger partial charge in [-0.05, 0) is 0 Å². The van der Waals surface area contributed by atoms with Gasteiger partial charge in [-0.25, -0.2) is 0 Å². The number of rotatable bonds is 1. The summed E-state index contributed by atoms with van der Waals surface area (Å²) in [4.78, 5) is 0. The molecule has 6 heteroatoms. The third-order valence-electron chi connectivity index (χ3n) is 1.30. The average Bonchev–Trinajstić information content (AvgIpc) is 2.03. The summed E-state index contributed by atoms with van der Waals surface area (Å²) >= 11 is 0.792. The summed E-state index contributed by atoms with van der Waals surface area (Å²) in [5.74, 6) is -0.114. The van der Waals surface area contributed by atoms with Gasteiger partial charge in [0, 0.05) is 0 Å². The van der Waals surface area contributed by atoms with Crippen molar-refractivity contribution in [2.45, 2.75) is 0.515 Å². The molecule has 0 aliphatic heterocycles. The summed E-state index contributed by atoms with van der Waals surface area (Å²) in [5, 5.41) is 0. The summed E-state index contributed by atoms with van der Waals surface area (Å²) in [6.45, 7) is 0. The summed E-state index contributed by atoms with van der Waals surface area (Å²) in [6.07, 6.45) is 0. The van der Waals surface area contributed by atoms with Crippen LogP contribution >= 0.6 is 0 Å². The van der Waals surface area contributed by atoms with Gasteiger partial charge in [0.1, 0.15) is 0 Å². The van der Waals surface area contributed by atoms with Gasteiger partial charge >= 0.3 is 97.0 Å². The summed E-state index contributed by atoms with van der Waals surface area (Å²) in [6, 6.07) is 6.81. The van der Waals surface area contributed by atoms with E-state index in [0.717, 1.165) is 55.0 Å². The van der Waals surface area contributed by atoms with E-state index in [9.17, 15) is 17.3 Å². The minimum absolute atomic E-state index is 0.114. The van der Waals surface area contributed by atoms with Crippen LogP contribution in [-0.4, -0.2) is 56.5 Å². The minimum atomic E-state index is -3.67. The van der Waals surface area contributed by atoms with Crippen LogP contribution in [0.15, 0.2) is 24.3 Å². The van der Waals surface area contributed by atoms with Crippen molar-refractivity contribution < 1.29 is 17.3 Å². The Kier molecular flexibility index (Phi) is 8.39. The third kappa shape index (κ3) is 8.96. The fourth-order valence-corrected chi connectivity index (χ4v) is 1.44. The fourth-order valence-electron chi connectivity index (χ4n) is 0.757. The molecule has 1 rings (SSSR count). The topological polar surface area (TPSA) is 0 Å². The molecule has 0 unspecified atom stereocenters. The van der Waals surface area contributed by atoms with E-state index in [1.54, 1.807) is 12.1 Å². The van der Waals surface area contributed by atoms with Gasteiger partial charge in [-0.2, -0.15) is 0 Å². The number of hydrogen-bond acceptors (Lipinski definition) is 0. The molecule has 0 N–H and O–H groups in total. The summed E-state index contributed by atoms with van der Waals surface area (Å²) in [7, 11) is -3.67. The maximum absolute atomic E-state index is 12.4. The van der Waals surface area contributed by atoms with Crippen LogP contribution in [0.4, 0.5) is 17.3 Å². The summed E-state index contributed by atoms with van der Waals surface area (Å²) in [5.41, 5.74) is 1.13. The van der Waals surface area contributed by atoms with Gasteiger partial charge in [0.15, 0.2) is 0 Å². The molecule has 13 heavy (non-hydrogen) atoms. The molecule has 0 spiro atoms. The van der Waals surface area contributed by atoms with Gasteiger partial charge in [-0.1, -0.05) is 0 Å². The van der Waals surface area contributed by atoms with E-state index in [1.807, 2.05) is 6.07 Å². The molecule has 0 saturated heterocycles. The molecular formula is C7H6BF4K. The van der Waals surface area contributed by atoms with Gasteiger partial charge in [-0.3, -0.25) is 12.9 Å². The third-order valence-corrected chi connectivity index (χ3v) is 2.57. The SMILES string of the molecule is FB(F)F.Fc1cccc([CH2][K])c1. The maximum atomic E-state index is 12.4. The standard InChI is InChI=1S/C7H6F.BF3.K/c1-6-3-2-4-7(8)5-6;2-1(3)4;/h2-5H,1H2;;. The molecule has 0 saturated carbocycles. The van der Waals surface area contributed by atoms with Crippen molar-refractivity contribution in [3.05, 3.63) is 35.6 Å². The van der Waals surface area contributed by atoms with Crippen molar-refractivity contribution in [3.63, 3.8) is 0 Å². The Labute approximate surface area is 109 Å². The van der Waals surface area contributed by atoms with Gasteiger partial charge in [-0.15, -0.1) is 0 Å². The molecule has 1 aromatic carbocycles. The normalized spacial score (nSPS) is 8.77. The molecule has 0 heterocycles. The molecule has 0 bridgehead atoms. The monoisotopic (exact) mass is 216 g/mol. The molecule has 1 aromatic rings. The Hall–Kier alpha value is 0.641. The van der Waals surface area contributed by atoms with Crippen LogP contribution in [0, 0.1) is 5.82 Å². The fraction of sp³-hybridized carbons (Fsp3) is 0.143. The van der Waals surface area contributed by atoms with Crippen LogP contribution in [0.2, 0.25) is 0 Å². The predicted molar refractivity (Wildman–Crippen MR) is 44.9 cm³/mol. The van der Waals surface area contributed by atoms with Crippen molar-refractivity contribution in [2.24, 2.45) is 0 Å². The van der Waals surface area contributed by atoms with Crippen LogP contribution in [-0.2, 0) is 0.515 Å². The van der Waals surface area contributed by atoms with Crippen LogP contribution < -0.4 is 0 Å². The van der Waals surface area contributed by atoms with Crippen LogP contribution in [0.5, 0.6) is 0 Å². The predicted octanol–water partition coefficient (Wildman–Crippen LogP) is 2.37. The van der Waals surface area contributed by atoms with E-state index < -0.39 is 7.54 Å². The van der Waals surface area contributed by atoms with Crippen molar-refractivity contribution in [1.82, 2.24) is 0 Å². The molecule has 0 amide bonds. The Morgan fingerprint density at radius 3 is 2.08 bits per heavy atom. The number of hydrogen-bond donors (Lipinski definition) is 0. The first kappa shape index (κ1) is 13.6. The van der Waals surface area contributed by atoms with Crippen molar-refractivity contribution >= 4 is 56.5 Å². The van der Waals surface area contributed by atoms with Crippen LogP contribution in [0.3, 0.4) is 0 Å². The molecule has 0 atom stereocenters. The average molecular weight is 216 g/mol. The first-order valence-corrected chi connectivity index (χ1v) is 5.93. The van der Waals surface area contributed by atoms with Gasteiger partial charge in [0.25, 0.3) is 0 Å². The zero-order chi connectivity index (χ0) is 10.3. The quantitative estimate of drug-likeness (QED) is 0.499. The second-order valence-corrected chi connectivity index (χ2v) is 3.34. The van der Waals surface area contributed by atoms with Crippen molar-refractivity contribution in [2.75, 3.05) is 0 Å². The zero-order valence-corrected chi connectivity index (χ0v) is 10.2. The zero-order valence-electron chi connectivity index (χ0n) is 7.11. The Balaban J connectivity index is 0.000000310. The molecule has 0 radical (unpaired) electrons.